The van der Waals surface area contributed by atoms with Gasteiger partial charge in [-0.1, -0.05) is 12.1 Å². The number of guanidine groups is 1. The van der Waals surface area contributed by atoms with Gasteiger partial charge in [-0.3, -0.25) is 9.79 Å². The van der Waals surface area contributed by atoms with Crippen LogP contribution in [0.5, 0.6) is 0 Å². The number of thiazole rings is 1. The number of nitrogens with zero attached hydrogens (tertiary/aromatic N) is 3. The molecule has 2 N–H and O–H groups in total. The standard InChI is InChI=1S/C20H27N5OS.HI/c1-15-13-23-18(27-15)10-11-22-20(21-2)24-14-16-6-8-17(9-7-16)25-12-4-3-5-19(25)26;/h6-9,13H,3-5,10-12,14H2,1-2H3,(H2,21,22,24);1H. The largest absolute Gasteiger partial charge is 0.356 e. The monoisotopic (exact) mass is 513 g/mol. The number of aryl methyl sites for hydroxylation is 1. The third kappa shape index (κ3) is 6.44. The molecule has 8 heteroatoms. The Balaban J connectivity index is 0.00000280. The highest BCUT2D eigenvalue weighted by atomic mass is 127. The van der Waals surface area contributed by atoms with E-state index in [1.807, 2.05) is 23.2 Å². The lowest BCUT2D eigenvalue weighted by atomic mass is 10.1. The van der Waals surface area contributed by atoms with Crippen molar-refractivity contribution in [2.75, 3.05) is 25.0 Å². The zero-order chi connectivity index (χ0) is 19.1. The molecular formula is C20H28IN5OS. The van der Waals surface area contributed by atoms with Crippen molar-refractivity contribution >= 4 is 52.9 Å². The van der Waals surface area contributed by atoms with Crippen molar-refractivity contribution < 1.29 is 4.79 Å². The van der Waals surface area contributed by atoms with E-state index in [2.05, 4.69) is 39.7 Å². The minimum atomic E-state index is 0. The van der Waals surface area contributed by atoms with Crippen molar-refractivity contribution in [3.05, 3.63) is 45.9 Å². The molecule has 152 valence electrons. The van der Waals surface area contributed by atoms with Crippen LogP contribution in [0, 0.1) is 6.92 Å². The lowest BCUT2D eigenvalue weighted by molar-refractivity contribution is -0.119. The van der Waals surface area contributed by atoms with Crippen molar-refractivity contribution in [1.29, 1.82) is 0 Å². The van der Waals surface area contributed by atoms with Gasteiger partial charge in [-0.15, -0.1) is 35.3 Å². The van der Waals surface area contributed by atoms with Gasteiger partial charge in [-0.05, 0) is 37.5 Å². The molecule has 1 aromatic heterocycles. The summed E-state index contributed by atoms with van der Waals surface area (Å²) in [6, 6.07) is 8.19. The fraction of sp³-hybridized carbons (Fsp3) is 0.450. The van der Waals surface area contributed by atoms with E-state index in [0.29, 0.717) is 13.0 Å². The molecule has 1 aliphatic heterocycles. The Morgan fingerprint density at radius 2 is 2.04 bits per heavy atom. The van der Waals surface area contributed by atoms with Crippen molar-refractivity contribution in [3.63, 3.8) is 0 Å². The molecule has 1 aromatic carbocycles. The zero-order valence-corrected chi connectivity index (χ0v) is 19.5. The smallest absolute Gasteiger partial charge is 0.226 e. The molecule has 1 amide bonds. The first kappa shape index (κ1) is 22.6. The number of halogens is 1. The van der Waals surface area contributed by atoms with Crippen LogP contribution in [0.15, 0.2) is 35.5 Å². The van der Waals surface area contributed by atoms with E-state index in [0.717, 1.165) is 54.6 Å². The molecule has 0 aliphatic carbocycles. The molecule has 2 heterocycles. The van der Waals surface area contributed by atoms with Crippen LogP contribution in [0.3, 0.4) is 0 Å². The number of rotatable bonds is 6. The first-order chi connectivity index (χ1) is 13.2. The first-order valence-electron chi connectivity index (χ1n) is 9.41. The van der Waals surface area contributed by atoms with Crippen LogP contribution < -0.4 is 15.5 Å². The van der Waals surface area contributed by atoms with Gasteiger partial charge in [0.05, 0.1) is 5.01 Å². The maximum atomic E-state index is 12.0. The molecule has 28 heavy (non-hydrogen) atoms. The number of amides is 1. The van der Waals surface area contributed by atoms with E-state index in [4.69, 9.17) is 0 Å². The first-order valence-corrected chi connectivity index (χ1v) is 10.2. The number of anilines is 1. The fourth-order valence-corrected chi connectivity index (χ4v) is 3.87. The van der Waals surface area contributed by atoms with E-state index in [1.165, 1.54) is 4.88 Å². The third-order valence-electron chi connectivity index (χ3n) is 4.56. The van der Waals surface area contributed by atoms with Gasteiger partial charge in [0.15, 0.2) is 5.96 Å². The third-order valence-corrected chi connectivity index (χ3v) is 5.53. The summed E-state index contributed by atoms with van der Waals surface area (Å²) in [4.78, 5) is 23.8. The van der Waals surface area contributed by atoms with E-state index in [1.54, 1.807) is 18.4 Å². The number of carbonyl (C=O) groups is 1. The number of carbonyl (C=O) groups excluding carboxylic acids is 1. The number of hydrogen-bond acceptors (Lipinski definition) is 4. The van der Waals surface area contributed by atoms with Crippen LogP contribution in [0.25, 0.3) is 0 Å². The Morgan fingerprint density at radius 3 is 2.68 bits per heavy atom. The van der Waals surface area contributed by atoms with Crippen molar-refractivity contribution in [3.8, 4) is 0 Å². The lowest BCUT2D eigenvalue weighted by Gasteiger charge is -2.26. The molecule has 1 fully saturated rings. The number of aliphatic imine (C=N–C) groups is 1. The predicted octanol–water partition coefficient (Wildman–Crippen LogP) is 3.49. The molecule has 0 spiro atoms. The van der Waals surface area contributed by atoms with Crippen LogP contribution in [-0.4, -0.2) is 37.0 Å². The van der Waals surface area contributed by atoms with E-state index in [9.17, 15) is 4.79 Å². The summed E-state index contributed by atoms with van der Waals surface area (Å²) in [5, 5.41) is 7.78. The normalized spacial score (nSPS) is 14.6. The number of nitrogens with one attached hydrogen (secondary N) is 2. The van der Waals surface area contributed by atoms with Crippen LogP contribution in [0.4, 0.5) is 5.69 Å². The summed E-state index contributed by atoms with van der Waals surface area (Å²) < 4.78 is 0. The van der Waals surface area contributed by atoms with Gasteiger partial charge < -0.3 is 15.5 Å². The molecule has 3 rings (SSSR count). The van der Waals surface area contributed by atoms with Gasteiger partial charge in [-0.2, -0.15) is 0 Å². The van der Waals surface area contributed by atoms with Gasteiger partial charge in [0, 0.05) is 56.3 Å². The Labute approximate surface area is 187 Å². The second-order valence-corrected chi connectivity index (χ2v) is 7.96. The van der Waals surface area contributed by atoms with Crippen LogP contribution in [0.1, 0.15) is 34.7 Å². The zero-order valence-electron chi connectivity index (χ0n) is 16.4. The SMILES string of the molecule is CN=C(NCCc1ncc(C)s1)NCc1ccc(N2CCCCC2=O)cc1.I. The highest BCUT2D eigenvalue weighted by Gasteiger charge is 2.19. The van der Waals surface area contributed by atoms with Crippen LogP contribution in [-0.2, 0) is 17.8 Å². The van der Waals surface area contributed by atoms with Crippen LogP contribution >= 0.6 is 35.3 Å². The Hall–Kier alpha value is -1.68. The van der Waals surface area contributed by atoms with Gasteiger partial charge in [-0.25, -0.2) is 4.98 Å². The van der Waals surface area contributed by atoms with Gasteiger partial charge in [0.25, 0.3) is 0 Å². The molecule has 0 bridgehead atoms. The van der Waals surface area contributed by atoms with Crippen molar-refractivity contribution in [1.82, 2.24) is 15.6 Å². The number of benzene rings is 1. The Morgan fingerprint density at radius 1 is 1.25 bits per heavy atom. The van der Waals surface area contributed by atoms with Crippen LogP contribution in [0.2, 0.25) is 0 Å². The second-order valence-electron chi connectivity index (χ2n) is 6.64. The highest BCUT2D eigenvalue weighted by Crippen LogP contribution is 2.21. The van der Waals surface area contributed by atoms with Crippen molar-refractivity contribution in [2.24, 2.45) is 4.99 Å². The minimum Gasteiger partial charge on any atom is -0.356 e. The van der Waals surface area contributed by atoms with Gasteiger partial charge >= 0.3 is 0 Å². The number of piperidine rings is 1. The highest BCUT2D eigenvalue weighted by molar-refractivity contribution is 14.0. The molecule has 0 unspecified atom stereocenters. The maximum Gasteiger partial charge on any atom is 0.226 e. The molecule has 1 aliphatic rings. The van der Waals surface area contributed by atoms with E-state index < -0.39 is 0 Å². The summed E-state index contributed by atoms with van der Waals surface area (Å²) in [5.41, 5.74) is 2.14. The Bertz CT molecular complexity index is 790. The van der Waals surface area contributed by atoms with Gasteiger partial charge in [0.1, 0.15) is 0 Å². The summed E-state index contributed by atoms with van der Waals surface area (Å²) in [5.74, 6) is 1.01. The quantitative estimate of drug-likeness (QED) is 0.353. The molecule has 0 atom stereocenters. The molecule has 0 saturated carbocycles. The molecule has 1 saturated heterocycles. The summed E-state index contributed by atoms with van der Waals surface area (Å²) in [6.07, 6.45) is 5.54. The summed E-state index contributed by atoms with van der Waals surface area (Å²) >= 11 is 1.73. The summed E-state index contributed by atoms with van der Waals surface area (Å²) in [6.45, 7) is 4.38. The summed E-state index contributed by atoms with van der Waals surface area (Å²) in [7, 11) is 1.77. The average molecular weight is 513 g/mol. The Kier molecular flexibility index (Phi) is 9.17. The van der Waals surface area contributed by atoms with Crippen molar-refractivity contribution in [2.45, 2.75) is 39.2 Å². The molecule has 6 nitrogen and oxygen atoms in total. The molecule has 0 radical (unpaired) electrons. The fourth-order valence-electron chi connectivity index (χ4n) is 3.08. The van der Waals surface area contributed by atoms with Gasteiger partial charge in [0.2, 0.25) is 5.91 Å². The topological polar surface area (TPSA) is 69.6 Å². The van der Waals surface area contributed by atoms with E-state index >= 15 is 0 Å². The number of hydrogen-bond donors (Lipinski definition) is 2. The van der Waals surface area contributed by atoms with E-state index in [-0.39, 0.29) is 29.9 Å². The number of aromatic nitrogens is 1. The average Bonchev–Trinajstić information content (AvgIpc) is 3.10. The maximum absolute atomic E-state index is 12.0. The predicted molar refractivity (Wildman–Crippen MR) is 127 cm³/mol. The second kappa shape index (κ2) is 11.4. The minimum absolute atomic E-state index is 0. The lowest BCUT2D eigenvalue weighted by Crippen LogP contribution is -2.38. The molecular weight excluding hydrogens is 485 g/mol. The molecule has 2 aromatic rings.